The van der Waals surface area contributed by atoms with Gasteiger partial charge in [0, 0.05) is 18.3 Å². The molecule has 0 bridgehead atoms. The first-order chi connectivity index (χ1) is 14.9. The van der Waals surface area contributed by atoms with Crippen LogP contribution in [0.2, 0.25) is 0 Å². The molecule has 0 radical (unpaired) electrons. The Morgan fingerprint density at radius 3 is 2.94 bits per heavy atom. The highest BCUT2D eigenvalue weighted by Gasteiger charge is 2.32. The van der Waals surface area contributed by atoms with Gasteiger partial charge in [-0.1, -0.05) is 0 Å². The van der Waals surface area contributed by atoms with E-state index in [9.17, 15) is 13.6 Å². The van der Waals surface area contributed by atoms with Crippen LogP contribution in [0.25, 0.3) is 5.65 Å². The fourth-order valence-corrected chi connectivity index (χ4v) is 4.02. The SMILES string of the molecule is COC(=O)c1cnn2cc(F)c(N3CCC[C@@H]3c3cc(F)cnc3CC[C@@H](C)N)nc12. The molecule has 4 rings (SSSR count). The summed E-state index contributed by atoms with van der Waals surface area (Å²) in [5.74, 6) is -1.55. The third-order valence-corrected chi connectivity index (χ3v) is 5.53. The van der Waals surface area contributed by atoms with Gasteiger partial charge in [-0.05, 0) is 44.2 Å². The van der Waals surface area contributed by atoms with E-state index in [0.29, 0.717) is 31.4 Å². The fraction of sp³-hybridized carbons (Fsp3) is 0.429. The van der Waals surface area contributed by atoms with Gasteiger partial charge in [0.1, 0.15) is 11.4 Å². The number of aryl methyl sites for hydroxylation is 1. The number of esters is 1. The van der Waals surface area contributed by atoms with Crippen molar-refractivity contribution in [2.75, 3.05) is 18.6 Å². The molecule has 0 aromatic carbocycles. The maximum absolute atomic E-state index is 15.0. The van der Waals surface area contributed by atoms with Crippen LogP contribution in [0.1, 0.15) is 53.8 Å². The molecule has 3 aromatic heterocycles. The number of aromatic nitrogens is 4. The molecule has 1 aliphatic heterocycles. The molecule has 0 amide bonds. The van der Waals surface area contributed by atoms with Crippen LogP contribution >= 0.6 is 0 Å². The molecule has 0 spiro atoms. The summed E-state index contributed by atoms with van der Waals surface area (Å²) in [6, 6.07) is 1.15. The van der Waals surface area contributed by atoms with E-state index in [-0.39, 0.29) is 29.1 Å². The van der Waals surface area contributed by atoms with Crippen molar-refractivity contribution in [3.63, 3.8) is 0 Å². The number of nitrogens with zero attached hydrogens (tertiary/aromatic N) is 5. The Kier molecular flexibility index (Phi) is 5.81. The number of fused-ring (bicyclic) bond motifs is 1. The topological polar surface area (TPSA) is 98.6 Å². The number of anilines is 1. The van der Waals surface area contributed by atoms with E-state index < -0.39 is 17.6 Å². The average Bonchev–Trinajstić information content (AvgIpc) is 3.38. The molecule has 2 N–H and O–H groups in total. The molecule has 4 heterocycles. The molecule has 10 heteroatoms. The number of methoxy groups -OCH3 is 1. The Labute approximate surface area is 178 Å². The Bertz CT molecular complexity index is 1120. The summed E-state index contributed by atoms with van der Waals surface area (Å²) in [4.78, 5) is 22.5. The predicted octanol–water partition coefficient (Wildman–Crippen LogP) is 2.81. The van der Waals surface area contributed by atoms with Crippen LogP contribution in [0, 0.1) is 11.6 Å². The predicted molar refractivity (Wildman–Crippen MR) is 110 cm³/mol. The van der Waals surface area contributed by atoms with Gasteiger partial charge in [-0.3, -0.25) is 4.98 Å². The number of nitrogens with two attached hydrogens (primary N) is 1. The monoisotopic (exact) mass is 430 g/mol. The summed E-state index contributed by atoms with van der Waals surface area (Å²) in [6.45, 7) is 2.44. The summed E-state index contributed by atoms with van der Waals surface area (Å²) >= 11 is 0. The molecule has 164 valence electrons. The van der Waals surface area contributed by atoms with Gasteiger partial charge in [0.25, 0.3) is 0 Å². The molecule has 2 atom stereocenters. The third kappa shape index (κ3) is 4.07. The number of pyridine rings is 1. The maximum atomic E-state index is 15.0. The zero-order valence-electron chi connectivity index (χ0n) is 17.4. The van der Waals surface area contributed by atoms with Crippen molar-refractivity contribution in [3.05, 3.63) is 53.1 Å². The zero-order chi connectivity index (χ0) is 22.1. The molecule has 1 aliphatic rings. The molecule has 0 unspecified atom stereocenters. The minimum atomic E-state index is -0.606. The van der Waals surface area contributed by atoms with Gasteiger partial charge in [-0.2, -0.15) is 5.10 Å². The van der Waals surface area contributed by atoms with Crippen molar-refractivity contribution < 1.29 is 18.3 Å². The molecule has 1 fully saturated rings. The molecule has 8 nitrogen and oxygen atoms in total. The van der Waals surface area contributed by atoms with Gasteiger partial charge in [0.15, 0.2) is 17.3 Å². The van der Waals surface area contributed by atoms with Gasteiger partial charge >= 0.3 is 5.97 Å². The Hall–Kier alpha value is -3.14. The molecule has 0 saturated carbocycles. The number of hydrogen-bond donors (Lipinski definition) is 1. The summed E-state index contributed by atoms with van der Waals surface area (Å²) in [5.41, 5.74) is 7.68. The summed E-state index contributed by atoms with van der Waals surface area (Å²) < 4.78 is 35.1. The summed E-state index contributed by atoms with van der Waals surface area (Å²) in [6.07, 6.45) is 6.45. The number of hydrogen-bond acceptors (Lipinski definition) is 7. The standard InChI is InChI=1S/C21H24F2N6O2/c1-12(24)5-6-17-14(8-13(22)9-25-17)18-4-3-7-28(18)20-16(23)11-29-19(27-20)15(10-26-29)21(30)31-2/h8-12,18H,3-7,24H2,1-2H3/t12-,18-/m1/s1. The first-order valence-corrected chi connectivity index (χ1v) is 10.2. The molecule has 0 aliphatic carbocycles. The second kappa shape index (κ2) is 8.54. The van der Waals surface area contributed by atoms with E-state index in [1.165, 1.54) is 36.3 Å². The lowest BCUT2D eigenvalue weighted by Gasteiger charge is -2.28. The lowest BCUT2D eigenvalue weighted by molar-refractivity contribution is 0.0602. The normalized spacial score (nSPS) is 17.3. The molecular formula is C21H24F2N6O2. The number of carbonyl (C=O) groups is 1. The molecule has 3 aromatic rings. The summed E-state index contributed by atoms with van der Waals surface area (Å²) in [7, 11) is 1.26. The first kappa shape index (κ1) is 21.1. The third-order valence-electron chi connectivity index (χ3n) is 5.53. The van der Waals surface area contributed by atoms with Gasteiger partial charge in [0.05, 0.1) is 31.7 Å². The molecule has 31 heavy (non-hydrogen) atoms. The van der Waals surface area contributed by atoms with Crippen LogP contribution in [-0.2, 0) is 11.2 Å². The number of rotatable bonds is 6. The zero-order valence-corrected chi connectivity index (χ0v) is 17.4. The highest BCUT2D eigenvalue weighted by Crippen LogP contribution is 2.38. The van der Waals surface area contributed by atoms with Crippen molar-refractivity contribution in [1.29, 1.82) is 0 Å². The van der Waals surface area contributed by atoms with Gasteiger partial charge in [-0.15, -0.1) is 0 Å². The van der Waals surface area contributed by atoms with E-state index in [2.05, 4.69) is 15.1 Å². The van der Waals surface area contributed by atoms with E-state index in [1.807, 2.05) is 6.92 Å². The Morgan fingerprint density at radius 1 is 1.39 bits per heavy atom. The largest absolute Gasteiger partial charge is 0.465 e. The van der Waals surface area contributed by atoms with Crippen LogP contribution < -0.4 is 10.6 Å². The Balaban J connectivity index is 1.76. The van der Waals surface area contributed by atoms with Crippen LogP contribution in [0.15, 0.2) is 24.7 Å². The maximum Gasteiger partial charge on any atom is 0.343 e. The highest BCUT2D eigenvalue weighted by molar-refractivity contribution is 5.95. The van der Waals surface area contributed by atoms with Gasteiger partial charge in [-0.25, -0.2) is 23.1 Å². The second-order valence-corrected chi connectivity index (χ2v) is 7.79. The number of ether oxygens (including phenoxy) is 1. The highest BCUT2D eigenvalue weighted by atomic mass is 19.1. The number of carbonyl (C=O) groups excluding carboxylic acids is 1. The minimum absolute atomic E-state index is 0.0143. The smallest absolute Gasteiger partial charge is 0.343 e. The number of halogens is 2. The quantitative estimate of drug-likeness (QED) is 0.601. The van der Waals surface area contributed by atoms with E-state index >= 15 is 0 Å². The average molecular weight is 430 g/mol. The van der Waals surface area contributed by atoms with Crippen LogP contribution in [0.4, 0.5) is 14.6 Å². The van der Waals surface area contributed by atoms with Crippen molar-refractivity contribution in [3.8, 4) is 0 Å². The van der Waals surface area contributed by atoms with Crippen molar-refractivity contribution in [2.24, 2.45) is 5.73 Å². The lowest BCUT2D eigenvalue weighted by atomic mass is 9.98. The van der Waals surface area contributed by atoms with Crippen LogP contribution in [0.3, 0.4) is 0 Å². The van der Waals surface area contributed by atoms with Crippen LogP contribution in [0.5, 0.6) is 0 Å². The van der Waals surface area contributed by atoms with Gasteiger partial charge in [0.2, 0.25) is 0 Å². The minimum Gasteiger partial charge on any atom is -0.465 e. The van der Waals surface area contributed by atoms with Gasteiger partial charge < -0.3 is 15.4 Å². The van der Waals surface area contributed by atoms with E-state index in [1.54, 1.807) is 4.90 Å². The van der Waals surface area contributed by atoms with Crippen molar-refractivity contribution in [2.45, 2.75) is 44.7 Å². The second-order valence-electron chi connectivity index (χ2n) is 7.79. The fourth-order valence-electron chi connectivity index (χ4n) is 4.02. The van der Waals surface area contributed by atoms with Crippen LogP contribution in [-0.4, -0.2) is 45.2 Å². The van der Waals surface area contributed by atoms with E-state index in [4.69, 9.17) is 10.5 Å². The lowest BCUT2D eigenvalue weighted by Crippen LogP contribution is -2.27. The van der Waals surface area contributed by atoms with Crippen molar-refractivity contribution >= 4 is 17.4 Å². The van der Waals surface area contributed by atoms with E-state index in [0.717, 1.165) is 12.1 Å². The Morgan fingerprint density at radius 2 is 2.19 bits per heavy atom. The molecule has 1 saturated heterocycles. The summed E-state index contributed by atoms with van der Waals surface area (Å²) in [5, 5.41) is 3.98. The first-order valence-electron chi connectivity index (χ1n) is 10.2. The molecular weight excluding hydrogens is 406 g/mol. The van der Waals surface area contributed by atoms with Crippen molar-refractivity contribution in [1.82, 2.24) is 19.6 Å².